The first kappa shape index (κ1) is 18.0. The van der Waals surface area contributed by atoms with Gasteiger partial charge in [0, 0.05) is 32.0 Å². The number of hydrogen-bond donors (Lipinski definition) is 1. The predicted molar refractivity (Wildman–Crippen MR) is 91.2 cm³/mol. The van der Waals surface area contributed by atoms with Gasteiger partial charge in [-0.2, -0.15) is 0 Å². The summed E-state index contributed by atoms with van der Waals surface area (Å²) in [4.78, 5) is 13.7. The molecular weight excluding hydrogens is 290 g/mol. The van der Waals surface area contributed by atoms with Gasteiger partial charge in [0.25, 0.3) is 0 Å². The van der Waals surface area contributed by atoms with Crippen molar-refractivity contribution >= 4 is 5.97 Å². The molecule has 0 radical (unpaired) electrons. The van der Waals surface area contributed by atoms with Crippen molar-refractivity contribution in [3.05, 3.63) is 35.9 Å². The fourth-order valence-electron chi connectivity index (χ4n) is 3.06. The van der Waals surface area contributed by atoms with E-state index in [4.69, 9.17) is 4.74 Å². The second kappa shape index (κ2) is 8.46. The molecule has 0 aliphatic carbocycles. The summed E-state index contributed by atoms with van der Waals surface area (Å²) in [5.74, 6) is -0.213. The summed E-state index contributed by atoms with van der Waals surface area (Å²) >= 11 is 0. The highest BCUT2D eigenvalue weighted by Gasteiger charge is 2.37. The van der Waals surface area contributed by atoms with Crippen molar-refractivity contribution in [3.8, 4) is 0 Å². The number of rotatable bonds is 7. The van der Waals surface area contributed by atoms with Crippen LogP contribution >= 0.6 is 0 Å². The fraction of sp³-hybridized carbons (Fsp3) is 0.632. The molecule has 0 saturated carbocycles. The summed E-state index contributed by atoms with van der Waals surface area (Å²) in [6, 6.07) is 10.5. The Hall–Kier alpha value is -1.39. The number of hydrogen-bond acceptors (Lipinski definition) is 4. The minimum atomic E-state index is -0.711. The van der Waals surface area contributed by atoms with Gasteiger partial charge in [-0.1, -0.05) is 44.2 Å². The molecule has 1 atom stereocenters. The molecule has 128 valence electrons. The third kappa shape index (κ3) is 5.33. The highest BCUT2D eigenvalue weighted by molar-refractivity contribution is 5.68. The standard InChI is InChI=1S/C19H29NO3/c1-3-18(21)23-15-16(2)19(22)10-13-20(14-11-19)12-9-17-7-5-4-6-8-17/h4-8,16,22H,3,9-15H2,1-2H3. The van der Waals surface area contributed by atoms with Gasteiger partial charge in [-0.15, -0.1) is 0 Å². The normalized spacial score (nSPS) is 19.3. The number of carbonyl (C=O) groups is 1. The van der Waals surface area contributed by atoms with E-state index in [-0.39, 0.29) is 11.9 Å². The predicted octanol–water partition coefficient (Wildman–Crippen LogP) is 2.65. The van der Waals surface area contributed by atoms with Crippen LogP contribution in [-0.4, -0.2) is 47.8 Å². The van der Waals surface area contributed by atoms with Crippen LogP contribution in [0.5, 0.6) is 0 Å². The number of piperidine rings is 1. The van der Waals surface area contributed by atoms with Gasteiger partial charge in [-0.25, -0.2) is 0 Å². The van der Waals surface area contributed by atoms with Crippen molar-refractivity contribution in [1.82, 2.24) is 4.90 Å². The Morgan fingerprint density at radius 2 is 1.96 bits per heavy atom. The van der Waals surface area contributed by atoms with Gasteiger partial charge in [0.05, 0.1) is 12.2 Å². The minimum absolute atomic E-state index is 0.0192. The lowest BCUT2D eigenvalue weighted by Crippen LogP contribution is -2.49. The topological polar surface area (TPSA) is 49.8 Å². The van der Waals surface area contributed by atoms with Gasteiger partial charge in [0.2, 0.25) is 0 Å². The smallest absolute Gasteiger partial charge is 0.305 e. The summed E-state index contributed by atoms with van der Waals surface area (Å²) in [5, 5.41) is 10.8. The van der Waals surface area contributed by atoms with Crippen molar-refractivity contribution in [2.24, 2.45) is 5.92 Å². The zero-order valence-corrected chi connectivity index (χ0v) is 14.3. The van der Waals surface area contributed by atoms with Crippen molar-refractivity contribution in [1.29, 1.82) is 0 Å². The Balaban J connectivity index is 1.74. The lowest BCUT2D eigenvalue weighted by atomic mass is 9.81. The third-order valence-electron chi connectivity index (χ3n) is 4.98. The maximum atomic E-state index is 11.3. The number of nitrogens with zero attached hydrogens (tertiary/aromatic N) is 1. The summed E-state index contributed by atoms with van der Waals surface area (Å²) in [6.07, 6.45) is 2.92. The van der Waals surface area contributed by atoms with E-state index in [9.17, 15) is 9.90 Å². The Labute approximate surface area is 139 Å². The number of esters is 1. The molecule has 1 heterocycles. The second-order valence-electron chi connectivity index (χ2n) is 6.62. The number of likely N-dealkylation sites (tertiary alicyclic amines) is 1. The highest BCUT2D eigenvalue weighted by atomic mass is 16.5. The van der Waals surface area contributed by atoms with E-state index in [1.165, 1.54) is 5.56 Å². The Kier molecular flexibility index (Phi) is 6.60. The highest BCUT2D eigenvalue weighted by Crippen LogP contribution is 2.30. The number of ether oxygens (including phenoxy) is 1. The van der Waals surface area contributed by atoms with E-state index in [1.54, 1.807) is 6.92 Å². The molecule has 1 aliphatic rings. The maximum Gasteiger partial charge on any atom is 0.305 e. The molecule has 1 fully saturated rings. The van der Waals surface area contributed by atoms with Crippen LogP contribution < -0.4 is 0 Å². The lowest BCUT2D eigenvalue weighted by Gasteiger charge is -2.41. The first-order chi connectivity index (χ1) is 11.0. The van der Waals surface area contributed by atoms with E-state index >= 15 is 0 Å². The van der Waals surface area contributed by atoms with Crippen LogP contribution in [0.15, 0.2) is 30.3 Å². The van der Waals surface area contributed by atoms with E-state index in [0.29, 0.717) is 13.0 Å². The molecule has 1 saturated heterocycles. The van der Waals surface area contributed by atoms with E-state index in [2.05, 4.69) is 29.2 Å². The molecule has 0 bridgehead atoms. The number of benzene rings is 1. The maximum absolute atomic E-state index is 11.3. The summed E-state index contributed by atoms with van der Waals surface area (Å²) < 4.78 is 5.19. The first-order valence-corrected chi connectivity index (χ1v) is 8.68. The molecule has 2 rings (SSSR count). The Morgan fingerprint density at radius 1 is 1.30 bits per heavy atom. The average Bonchev–Trinajstić information content (AvgIpc) is 2.59. The second-order valence-corrected chi connectivity index (χ2v) is 6.62. The molecule has 23 heavy (non-hydrogen) atoms. The first-order valence-electron chi connectivity index (χ1n) is 8.68. The van der Waals surface area contributed by atoms with Gasteiger partial charge in [0.1, 0.15) is 0 Å². The molecule has 4 nitrogen and oxygen atoms in total. The molecule has 1 unspecified atom stereocenters. The van der Waals surface area contributed by atoms with Gasteiger partial charge in [-0.05, 0) is 24.8 Å². The molecular formula is C19H29NO3. The molecule has 1 N–H and O–H groups in total. The van der Waals surface area contributed by atoms with Crippen LogP contribution in [0.4, 0.5) is 0 Å². The average molecular weight is 319 g/mol. The zero-order valence-electron chi connectivity index (χ0n) is 14.3. The molecule has 1 aromatic carbocycles. The van der Waals surface area contributed by atoms with Crippen LogP contribution in [-0.2, 0) is 16.0 Å². The van der Waals surface area contributed by atoms with Gasteiger partial charge in [-0.3, -0.25) is 4.79 Å². The zero-order chi connectivity index (χ0) is 16.7. The molecule has 0 aromatic heterocycles. The van der Waals surface area contributed by atoms with E-state index in [1.807, 2.05) is 13.0 Å². The SMILES string of the molecule is CCC(=O)OCC(C)C1(O)CCN(CCc2ccccc2)CC1. The van der Waals surface area contributed by atoms with Gasteiger partial charge < -0.3 is 14.7 Å². The molecule has 1 aliphatic heterocycles. The van der Waals surface area contributed by atoms with Crippen molar-refractivity contribution < 1.29 is 14.6 Å². The molecule has 4 heteroatoms. The number of aliphatic hydroxyl groups is 1. The van der Waals surface area contributed by atoms with Crippen LogP contribution in [0, 0.1) is 5.92 Å². The van der Waals surface area contributed by atoms with Gasteiger partial charge >= 0.3 is 5.97 Å². The largest absolute Gasteiger partial charge is 0.465 e. The van der Waals surface area contributed by atoms with Crippen LogP contribution in [0.25, 0.3) is 0 Å². The molecule has 0 spiro atoms. The van der Waals surface area contributed by atoms with E-state index < -0.39 is 5.60 Å². The molecule has 0 amide bonds. The third-order valence-corrected chi connectivity index (χ3v) is 4.98. The van der Waals surface area contributed by atoms with E-state index in [0.717, 1.165) is 38.9 Å². The van der Waals surface area contributed by atoms with Gasteiger partial charge in [0.15, 0.2) is 0 Å². The fourth-order valence-corrected chi connectivity index (χ4v) is 3.06. The quantitative estimate of drug-likeness (QED) is 0.785. The lowest BCUT2D eigenvalue weighted by molar-refractivity contribution is -0.149. The van der Waals surface area contributed by atoms with Crippen LogP contribution in [0.2, 0.25) is 0 Å². The summed E-state index contributed by atoms with van der Waals surface area (Å²) in [5.41, 5.74) is 0.644. The monoisotopic (exact) mass is 319 g/mol. The Morgan fingerprint density at radius 3 is 2.57 bits per heavy atom. The van der Waals surface area contributed by atoms with Crippen molar-refractivity contribution in [2.75, 3.05) is 26.2 Å². The summed E-state index contributed by atoms with van der Waals surface area (Å²) in [6.45, 7) is 6.90. The van der Waals surface area contributed by atoms with Crippen LogP contribution in [0.1, 0.15) is 38.7 Å². The van der Waals surface area contributed by atoms with Crippen molar-refractivity contribution in [2.45, 2.75) is 45.1 Å². The molecule has 1 aromatic rings. The number of carbonyl (C=O) groups excluding carboxylic acids is 1. The van der Waals surface area contributed by atoms with Crippen molar-refractivity contribution in [3.63, 3.8) is 0 Å². The minimum Gasteiger partial charge on any atom is -0.465 e. The van der Waals surface area contributed by atoms with Crippen LogP contribution in [0.3, 0.4) is 0 Å². The summed E-state index contributed by atoms with van der Waals surface area (Å²) in [7, 11) is 0. The Bertz CT molecular complexity index is 481.